The van der Waals surface area contributed by atoms with Gasteiger partial charge in [-0.25, -0.2) is 4.79 Å². The van der Waals surface area contributed by atoms with Gasteiger partial charge in [0.05, 0.1) is 0 Å². The highest BCUT2D eigenvalue weighted by molar-refractivity contribution is 6.47. The number of carbonyl (C=O) groups is 2. The second-order valence-corrected chi connectivity index (χ2v) is 3.63. The van der Waals surface area contributed by atoms with Gasteiger partial charge in [0.2, 0.25) is 0 Å². The zero-order valence-electron chi connectivity index (χ0n) is 6.36. The number of alkyl halides is 2. The van der Waals surface area contributed by atoms with Crippen LogP contribution in [0.1, 0.15) is 13.3 Å². The lowest BCUT2D eigenvalue weighted by Crippen LogP contribution is -2.51. The number of urea groups is 1. The number of nitrogens with one attached hydrogen (secondary N) is 2. The molecule has 1 unspecified atom stereocenters. The van der Waals surface area contributed by atoms with E-state index in [0.29, 0.717) is 6.42 Å². The van der Waals surface area contributed by atoms with Crippen molar-refractivity contribution >= 4 is 35.1 Å². The van der Waals surface area contributed by atoms with Gasteiger partial charge in [-0.3, -0.25) is 10.1 Å². The monoisotopic (exact) mass is 210 g/mol. The van der Waals surface area contributed by atoms with Crippen molar-refractivity contribution in [1.82, 2.24) is 10.6 Å². The molecule has 0 saturated carbocycles. The van der Waals surface area contributed by atoms with Gasteiger partial charge in [-0.05, 0) is 6.42 Å². The van der Waals surface area contributed by atoms with E-state index in [0.717, 1.165) is 0 Å². The summed E-state index contributed by atoms with van der Waals surface area (Å²) in [5.41, 5.74) is -1.15. The maximum absolute atomic E-state index is 11.2. The number of amides is 3. The molecule has 6 heteroatoms. The fraction of sp³-hybridized carbons (Fsp3) is 0.667. The molecule has 1 aliphatic heterocycles. The molecular formula is C6H8Cl2N2O2. The van der Waals surface area contributed by atoms with Crippen molar-refractivity contribution in [3.8, 4) is 0 Å². The van der Waals surface area contributed by atoms with Crippen LogP contribution >= 0.6 is 23.2 Å². The second kappa shape index (κ2) is 3.11. The summed E-state index contributed by atoms with van der Waals surface area (Å²) in [7, 11) is 0. The molecule has 1 rings (SSSR count). The standard InChI is InChI=1S/C6H8Cl2N2O2/c1-2-6(3(7)8)4(11)9-5(12)10-6/h3H,2H2,1H3,(H2,9,10,11,12). The number of imide groups is 1. The molecule has 0 aromatic heterocycles. The van der Waals surface area contributed by atoms with Crippen molar-refractivity contribution < 1.29 is 9.59 Å². The van der Waals surface area contributed by atoms with Crippen molar-refractivity contribution in [2.75, 3.05) is 0 Å². The molecule has 1 fully saturated rings. The van der Waals surface area contributed by atoms with Gasteiger partial charge in [0.15, 0.2) is 5.54 Å². The molecule has 0 aliphatic carbocycles. The van der Waals surface area contributed by atoms with Gasteiger partial charge in [-0.2, -0.15) is 0 Å². The first-order chi connectivity index (χ1) is 5.53. The Balaban J connectivity index is 2.94. The van der Waals surface area contributed by atoms with Crippen LogP contribution < -0.4 is 10.6 Å². The highest BCUT2D eigenvalue weighted by Gasteiger charge is 2.49. The molecule has 12 heavy (non-hydrogen) atoms. The maximum atomic E-state index is 11.2. The van der Waals surface area contributed by atoms with Crippen molar-refractivity contribution in [1.29, 1.82) is 0 Å². The van der Waals surface area contributed by atoms with Crippen LogP contribution in [-0.4, -0.2) is 22.3 Å². The molecule has 3 amide bonds. The predicted molar refractivity (Wildman–Crippen MR) is 45.2 cm³/mol. The Labute approximate surface area is 79.6 Å². The van der Waals surface area contributed by atoms with E-state index in [1.807, 2.05) is 0 Å². The smallest absolute Gasteiger partial charge is 0.321 e. The minimum Gasteiger partial charge on any atom is -0.321 e. The summed E-state index contributed by atoms with van der Waals surface area (Å²) >= 11 is 11.2. The molecule has 0 aromatic rings. The summed E-state index contributed by atoms with van der Waals surface area (Å²) in [5.74, 6) is -0.468. The van der Waals surface area contributed by atoms with E-state index in [1.54, 1.807) is 6.92 Å². The van der Waals surface area contributed by atoms with Gasteiger partial charge in [0.1, 0.15) is 4.84 Å². The average molecular weight is 211 g/mol. The summed E-state index contributed by atoms with van der Waals surface area (Å²) < 4.78 is 0. The normalized spacial score (nSPS) is 29.0. The third-order valence-corrected chi connectivity index (χ3v) is 2.64. The summed E-state index contributed by atoms with van der Waals surface area (Å²) in [6.07, 6.45) is 0.363. The van der Waals surface area contributed by atoms with Gasteiger partial charge < -0.3 is 5.32 Å². The number of rotatable bonds is 2. The van der Waals surface area contributed by atoms with Crippen LogP contribution in [0.4, 0.5) is 4.79 Å². The first-order valence-electron chi connectivity index (χ1n) is 3.44. The van der Waals surface area contributed by atoms with E-state index < -0.39 is 22.3 Å². The molecule has 0 radical (unpaired) electrons. The maximum Gasteiger partial charge on any atom is 0.322 e. The lowest BCUT2D eigenvalue weighted by atomic mass is 9.99. The minimum atomic E-state index is -1.15. The molecule has 0 aromatic carbocycles. The number of hydrogen-bond donors (Lipinski definition) is 2. The van der Waals surface area contributed by atoms with E-state index in [2.05, 4.69) is 10.6 Å². The molecule has 1 aliphatic rings. The minimum absolute atomic E-state index is 0.363. The van der Waals surface area contributed by atoms with Crippen molar-refractivity contribution in [3.63, 3.8) is 0 Å². The van der Waals surface area contributed by atoms with Crippen LogP contribution in [0.15, 0.2) is 0 Å². The molecule has 2 N–H and O–H groups in total. The summed E-state index contributed by atoms with van der Waals surface area (Å²) in [5, 5.41) is 4.48. The van der Waals surface area contributed by atoms with Crippen molar-refractivity contribution in [3.05, 3.63) is 0 Å². The summed E-state index contributed by atoms with van der Waals surface area (Å²) in [6.45, 7) is 1.73. The van der Waals surface area contributed by atoms with E-state index >= 15 is 0 Å². The van der Waals surface area contributed by atoms with Gasteiger partial charge in [-0.15, -0.1) is 23.2 Å². The third-order valence-electron chi connectivity index (χ3n) is 1.90. The van der Waals surface area contributed by atoms with Crippen molar-refractivity contribution in [2.45, 2.75) is 23.7 Å². The molecule has 68 valence electrons. The van der Waals surface area contributed by atoms with Gasteiger partial charge >= 0.3 is 6.03 Å². The Morgan fingerprint density at radius 3 is 2.25 bits per heavy atom. The van der Waals surface area contributed by atoms with Crippen molar-refractivity contribution in [2.24, 2.45) is 0 Å². The van der Waals surface area contributed by atoms with E-state index in [-0.39, 0.29) is 0 Å². The Bertz CT molecular complexity index is 232. The van der Waals surface area contributed by atoms with Crippen LogP contribution in [0.2, 0.25) is 0 Å². The zero-order chi connectivity index (χ0) is 9.35. The topological polar surface area (TPSA) is 58.2 Å². The zero-order valence-corrected chi connectivity index (χ0v) is 7.87. The highest BCUT2D eigenvalue weighted by Crippen LogP contribution is 2.26. The lowest BCUT2D eigenvalue weighted by molar-refractivity contribution is -0.123. The van der Waals surface area contributed by atoms with Crippen LogP contribution in [0.3, 0.4) is 0 Å². The fourth-order valence-electron chi connectivity index (χ4n) is 1.06. The average Bonchev–Trinajstić information content (AvgIpc) is 2.26. The number of hydrogen-bond acceptors (Lipinski definition) is 2. The molecular weight excluding hydrogens is 203 g/mol. The van der Waals surface area contributed by atoms with Crippen LogP contribution in [-0.2, 0) is 4.79 Å². The molecule has 1 atom stereocenters. The summed E-state index contributed by atoms with van der Waals surface area (Å²) in [6, 6.07) is -0.548. The Morgan fingerprint density at radius 1 is 1.50 bits per heavy atom. The molecule has 4 nitrogen and oxygen atoms in total. The summed E-state index contributed by atoms with van der Waals surface area (Å²) in [4.78, 5) is 21.1. The first-order valence-corrected chi connectivity index (χ1v) is 4.32. The quantitative estimate of drug-likeness (QED) is 0.523. The molecule has 1 heterocycles. The molecule has 0 spiro atoms. The van der Waals surface area contributed by atoms with Crippen LogP contribution in [0.25, 0.3) is 0 Å². The number of halogens is 2. The predicted octanol–water partition coefficient (Wildman–Crippen LogP) is 0.778. The number of carbonyl (C=O) groups excluding carboxylic acids is 2. The van der Waals surface area contributed by atoms with Gasteiger partial charge in [-0.1, -0.05) is 6.92 Å². The SMILES string of the molecule is CCC1(C(Cl)Cl)NC(=O)NC1=O. The fourth-order valence-corrected chi connectivity index (χ4v) is 1.68. The highest BCUT2D eigenvalue weighted by atomic mass is 35.5. The molecule has 0 bridgehead atoms. The third kappa shape index (κ3) is 1.25. The van der Waals surface area contributed by atoms with Gasteiger partial charge in [0, 0.05) is 0 Å². The largest absolute Gasteiger partial charge is 0.322 e. The Hall–Kier alpha value is -0.480. The van der Waals surface area contributed by atoms with E-state index in [1.165, 1.54) is 0 Å². The van der Waals surface area contributed by atoms with E-state index in [9.17, 15) is 9.59 Å². The van der Waals surface area contributed by atoms with E-state index in [4.69, 9.17) is 23.2 Å². The second-order valence-electron chi connectivity index (χ2n) is 2.53. The first kappa shape index (κ1) is 9.61. The van der Waals surface area contributed by atoms with Crippen LogP contribution in [0.5, 0.6) is 0 Å². The van der Waals surface area contributed by atoms with Crippen LogP contribution in [0, 0.1) is 0 Å². The Kier molecular flexibility index (Phi) is 2.49. The Morgan fingerprint density at radius 2 is 2.08 bits per heavy atom. The lowest BCUT2D eigenvalue weighted by Gasteiger charge is -2.24. The molecule has 1 saturated heterocycles. The van der Waals surface area contributed by atoms with Gasteiger partial charge in [0.25, 0.3) is 5.91 Å².